The van der Waals surface area contributed by atoms with E-state index < -0.39 is 6.04 Å². The van der Waals surface area contributed by atoms with Crippen LogP contribution in [0.3, 0.4) is 0 Å². The Morgan fingerprint density at radius 3 is 2.17 bits per heavy atom. The van der Waals surface area contributed by atoms with E-state index in [1.54, 1.807) is 29.0 Å². The van der Waals surface area contributed by atoms with Gasteiger partial charge in [0.2, 0.25) is 0 Å². The number of carbonyl (C=O) groups excluding carboxylic acids is 3. The number of likely N-dealkylation sites (N-methyl/N-ethyl adjacent to an activating group) is 1. The average molecular weight is 405 g/mol. The monoisotopic (exact) mass is 405 g/mol. The molecule has 0 aromatic heterocycles. The van der Waals surface area contributed by atoms with Gasteiger partial charge in [-0.1, -0.05) is 61.9 Å². The Hall–Kier alpha value is -3.15. The summed E-state index contributed by atoms with van der Waals surface area (Å²) >= 11 is 0. The van der Waals surface area contributed by atoms with Crippen LogP contribution in [0.4, 0.5) is 4.79 Å². The normalized spacial score (nSPS) is 25.6. The summed E-state index contributed by atoms with van der Waals surface area (Å²) in [5.74, 6) is -0.440. The van der Waals surface area contributed by atoms with Gasteiger partial charge < -0.3 is 9.80 Å². The van der Waals surface area contributed by atoms with E-state index in [2.05, 4.69) is 0 Å². The minimum Gasteiger partial charge on any atom is -0.322 e. The van der Waals surface area contributed by atoms with E-state index in [4.69, 9.17) is 0 Å². The molecular formula is C24H27N3O3. The minimum absolute atomic E-state index is 0.148. The number of carbonyl (C=O) groups is 3. The van der Waals surface area contributed by atoms with Crippen LogP contribution in [-0.2, 0) is 4.79 Å². The summed E-state index contributed by atoms with van der Waals surface area (Å²) in [6.07, 6.45) is 1.60. The Morgan fingerprint density at radius 1 is 0.967 bits per heavy atom. The van der Waals surface area contributed by atoms with E-state index in [0.717, 1.165) is 18.4 Å². The van der Waals surface area contributed by atoms with Gasteiger partial charge in [-0.2, -0.15) is 0 Å². The molecule has 2 aromatic rings. The lowest BCUT2D eigenvalue weighted by Gasteiger charge is -2.24. The quantitative estimate of drug-likeness (QED) is 0.713. The molecule has 4 rings (SSSR count). The summed E-state index contributed by atoms with van der Waals surface area (Å²) in [5.41, 5.74) is 1.48. The van der Waals surface area contributed by atoms with Crippen molar-refractivity contribution in [1.29, 1.82) is 0 Å². The van der Waals surface area contributed by atoms with E-state index >= 15 is 0 Å². The molecule has 156 valence electrons. The van der Waals surface area contributed by atoms with Crippen LogP contribution in [0, 0.1) is 0 Å². The number of hydrogen-bond acceptors (Lipinski definition) is 3. The molecule has 0 spiro atoms. The Morgan fingerprint density at radius 2 is 1.57 bits per heavy atom. The van der Waals surface area contributed by atoms with Crippen molar-refractivity contribution in [2.45, 2.75) is 50.9 Å². The van der Waals surface area contributed by atoms with Crippen LogP contribution in [0.25, 0.3) is 0 Å². The standard InChI is InChI=1S/C24H27N3O3/c1-4-11-19-21(26(19)22(28)18-14-9-6-10-15-18)23(29)27-20(16(2)25(3)24(27)30)17-12-7-5-8-13-17/h5-10,12-16,19-21H,4,11H2,1-3H3/t16-,19-,20-,21+,26?/m0/s1. The van der Waals surface area contributed by atoms with Crippen molar-refractivity contribution in [2.75, 3.05) is 7.05 Å². The molecule has 6 nitrogen and oxygen atoms in total. The van der Waals surface area contributed by atoms with Crippen molar-refractivity contribution in [3.8, 4) is 0 Å². The van der Waals surface area contributed by atoms with Crippen LogP contribution in [0.2, 0.25) is 0 Å². The van der Waals surface area contributed by atoms with Crippen molar-refractivity contribution in [3.05, 3.63) is 71.8 Å². The van der Waals surface area contributed by atoms with Crippen LogP contribution >= 0.6 is 0 Å². The summed E-state index contributed by atoms with van der Waals surface area (Å²) in [6.45, 7) is 3.99. The smallest absolute Gasteiger partial charge is 0.322 e. The number of nitrogens with zero attached hydrogens (tertiary/aromatic N) is 3. The molecule has 0 unspecified atom stereocenters. The highest BCUT2D eigenvalue weighted by Crippen LogP contribution is 2.41. The van der Waals surface area contributed by atoms with E-state index in [9.17, 15) is 14.4 Å². The molecule has 0 bridgehead atoms. The summed E-state index contributed by atoms with van der Waals surface area (Å²) in [4.78, 5) is 44.3. The molecule has 0 saturated carbocycles. The second-order valence-electron chi connectivity index (χ2n) is 8.08. The molecule has 2 saturated heterocycles. The van der Waals surface area contributed by atoms with Crippen LogP contribution in [0.15, 0.2) is 60.7 Å². The lowest BCUT2D eigenvalue weighted by Crippen LogP contribution is -2.40. The van der Waals surface area contributed by atoms with Gasteiger partial charge in [0.25, 0.3) is 11.8 Å². The molecule has 2 heterocycles. The Kier molecular flexibility index (Phi) is 5.33. The van der Waals surface area contributed by atoms with Gasteiger partial charge in [-0.25, -0.2) is 4.79 Å². The number of rotatable bonds is 5. The summed E-state index contributed by atoms with van der Waals surface area (Å²) in [5, 5.41) is 0. The van der Waals surface area contributed by atoms with Crippen LogP contribution < -0.4 is 0 Å². The van der Waals surface area contributed by atoms with E-state index in [0.29, 0.717) is 5.56 Å². The molecule has 2 aliphatic heterocycles. The molecule has 0 aliphatic carbocycles. The molecule has 2 aliphatic rings. The highest BCUT2D eigenvalue weighted by Gasteiger charge is 2.59. The predicted molar refractivity (Wildman–Crippen MR) is 114 cm³/mol. The van der Waals surface area contributed by atoms with E-state index in [1.165, 1.54) is 4.90 Å². The maximum absolute atomic E-state index is 13.6. The van der Waals surface area contributed by atoms with Gasteiger partial charge in [0.05, 0.1) is 18.1 Å². The molecule has 0 radical (unpaired) electrons. The molecular weight excluding hydrogens is 378 g/mol. The van der Waals surface area contributed by atoms with Gasteiger partial charge in [-0.15, -0.1) is 0 Å². The maximum atomic E-state index is 13.6. The molecule has 4 amide bonds. The van der Waals surface area contributed by atoms with E-state index in [-0.39, 0.29) is 36.0 Å². The van der Waals surface area contributed by atoms with Gasteiger partial charge >= 0.3 is 6.03 Å². The first kappa shape index (κ1) is 20.1. The minimum atomic E-state index is -0.591. The van der Waals surface area contributed by atoms with Crippen molar-refractivity contribution >= 4 is 17.8 Å². The van der Waals surface area contributed by atoms with Crippen molar-refractivity contribution in [3.63, 3.8) is 0 Å². The molecule has 0 N–H and O–H groups in total. The zero-order valence-electron chi connectivity index (χ0n) is 17.6. The van der Waals surface area contributed by atoms with Gasteiger partial charge in [-0.3, -0.25) is 14.5 Å². The first-order valence-corrected chi connectivity index (χ1v) is 10.5. The van der Waals surface area contributed by atoms with Crippen molar-refractivity contribution in [1.82, 2.24) is 14.7 Å². The highest BCUT2D eigenvalue weighted by molar-refractivity contribution is 6.06. The van der Waals surface area contributed by atoms with Gasteiger partial charge in [0, 0.05) is 12.6 Å². The highest BCUT2D eigenvalue weighted by atomic mass is 16.2. The average Bonchev–Trinajstić information content (AvgIpc) is 3.44. The largest absolute Gasteiger partial charge is 0.327 e. The topological polar surface area (TPSA) is 60.7 Å². The number of benzene rings is 2. The molecule has 2 fully saturated rings. The summed E-state index contributed by atoms with van der Waals surface area (Å²) in [6, 6.07) is 17.0. The Balaban J connectivity index is 1.64. The fourth-order valence-electron chi connectivity index (χ4n) is 4.51. The number of hydrogen-bond donors (Lipinski definition) is 0. The molecule has 2 aromatic carbocycles. The van der Waals surface area contributed by atoms with Gasteiger partial charge in [0.15, 0.2) is 0 Å². The number of imide groups is 1. The van der Waals surface area contributed by atoms with E-state index in [1.807, 2.05) is 62.4 Å². The molecule has 4 atom stereocenters. The second-order valence-corrected chi connectivity index (χ2v) is 8.08. The third kappa shape index (κ3) is 3.26. The van der Waals surface area contributed by atoms with Crippen LogP contribution in [0.1, 0.15) is 48.7 Å². The molecule has 6 heteroatoms. The van der Waals surface area contributed by atoms with Crippen LogP contribution in [-0.4, -0.2) is 57.7 Å². The maximum Gasteiger partial charge on any atom is 0.327 e. The zero-order chi connectivity index (χ0) is 21.4. The molecule has 30 heavy (non-hydrogen) atoms. The fraction of sp³-hybridized carbons (Fsp3) is 0.375. The van der Waals surface area contributed by atoms with Crippen molar-refractivity contribution < 1.29 is 14.4 Å². The van der Waals surface area contributed by atoms with Crippen LogP contribution in [0.5, 0.6) is 0 Å². The number of urea groups is 1. The SMILES string of the molecule is CCC[C@H]1[C@H](C(=O)N2C(=O)N(C)[C@@H](C)[C@H]2c2ccccc2)N1C(=O)c1ccccc1. The lowest BCUT2D eigenvalue weighted by molar-refractivity contribution is -0.129. The van der Waals surface area contributed by atoms with Gasteiger partial charge in [-0.05, 0) is 31.0 Å². The van der Waals surface area contributed by atoms with Crippen molar-refractivity contribution in [2.24, 2.45) is 0 Å². The summed E-state index contributed by atoms with van der Waals surface area (Å²) in [7, 11) is 1.72. The predicted octanol–water partition coefficient (Wildman–Crippen LogP) is 3.70. The second kappa shape index (κ2) is 7.94. The Bertz CT molecular complexity index is 947. The third-order valence-corrected chi connectivity index (χ3v) is 6.26. The third-order valence-electron chi connectivity index (χ3n) is 6.26. The first-order chi connectivity index (χ1) is 14.5. The zero-order valence-corrected chi connectivity index (χ0v) is 17.6. The summed E-state index contributed by atoms with van der Waals surface area (Å²) < 4.78 is 0. The number of amides is 4. The lowest BCUT2D eigenvalue weighted by atomic mass is 10.00. The fourth-order valence-corrected chi connectivity index (χ4v) is 4.51. The Labute approximate surface area is 177 Å². The first-order valence-electron chi connectivity index (χ1n) is 10.5. The van der Waals surface area contributed by atoms with Gasteiger partial charge in [0.1, 0.15) is 6.04 Å².